The first-order chi connectivity index (χ1) is 10.4. The predicted octanol–water partition coefficient (Wildman–Crippen LogP) is 3.45. The summed E-state index contributed by atoms with van der Waals surface area (Å²) in [7, 11) is 0. The van der Waals surface area contributed by atoms with Gasteiger partial charge in [-0.1, -0.05) is 12.2 Å². The van der Waals surface area contributed by atoms with Crippen LogP contribution in [0.3, 0.4) is 0 Å². The summed E-state index contributed by atoms with van der Waals surface area (Å²) in [5.74, 6) is 0. The van der Waals surface area contributed by atoms with Crippen LogP contribution >= 0.6 is 0 Å². The zero-order valence-electron chi connectivity index (χ0n) is 11.1. The highest BCUT2D eigenvalue weighted by atomic mass is 15.1. The van der Waals surface area contributed by atoms with Gasteiger partial charge in [0.1, 0.15) is 5.65 Å². The lowest BCUT2D eigenvalue weighted by molar-refractivity contribution is 1.10. The van der Waals surface area contributed by atoms with Crippen LogP contribution in [-0.2, 0) is 0 Å². The smallest absolute Gasteiger partial charge is 0.145 e. The number of aromatic nitrogens is 4. The molecule has 0 bridgehead atoms. The normalized spacial score (nSPS) is 12.6. The first-order valence-corrected chi connectivity index (χ1v) is 6.79. The van der Waals surface area contributed by atoms with Crippen LogP contribution in [0.5, 0.6) is 0 Å². The minimum atomic E-state index is 0.944. The van der Waals surface area contributed by atoms with Gasteiger partial charge in [0.15, 0.2) is 0 Å². The van der Waals surface area contributed by atoms with Gasteiger partial charge in [-0.05, 0) is 18.2 Å². The van der Waals surface area contributed by atoms with Crippen molar-refractivity contribution in [3.8, 4) is 5.69 Å². The summed E-state index contributed by atoms with van der Waals surface area (Å²) in [4.78, 5) is 13.2. The zero-order valence-corrected chi connectivity index (χ0v) is 11.1. The molecule has 0 aromatic carbocycles. The summed E-state index contributed by atoms with van der Waals surface area (Å²) in [5, 5.41) is 2.24. The molecule has 0 atom stereocenters. The lowest BCUT2D eigenvalue weighted by Gasteiger charge is -2.08. The molecule has 0 radical (unpaired) electrons. The molecular weight excluding hydrogens is 260 g/mol. The van der Waals surface area contributed by atoms with E-state index in [1.165, 1.54) is 0 Å². The van der Waals surface area contributed by atoms with E-state index < -0.39 is 0 Å². The average molecular weight is 270 g/mol. The molecular formula is C17H10N4. The molecule has 4 aromatic heterocycles. The summed E-state index contributed by atoms with van der Waals surface area (Å²) in [6, 6.07) is 6.07. The molecule has 0 unspecified atom stereocenters. The molecule has 5 heterocycles. The summed E-state index contributed by atoms with van der Waals surface area (Å²) >= 11 is 0. The highest BCUT2D eigenvalue weighted by Gasteiger charge is 2.18. The number of pyridine rings is 3. The summed E-state index contributed by atoms with van der Waals surface area (Å²) in [6.07, 6.45) is 13.6. The molecule has 0 amide bonds. The summed E-state index contributed by atoms with van der Waals surface area (Å²) < 4.78 is 2.18. The highest BCUT2D eigenvalue weighted by molar-refractivity contribution is 6.11. The van der Waals surface area contributed by atoms with Crippen LogP contribution < -0.4 is 0 Å². The van der Waals surface area contributed by atoms with Gasteiger partial charge in [-0.25, -0.2) is 4.98 Å². The van der Waals surface area contributed by atoms with E-state index in [9.17, 15) is 0 Å². The van der Waals surface area contributed by atoms with Crippen molar-refractivity contribution in [3.05, 3.63) is 60.3 Å². The second-order valence-electron chi connectivity index (χ2n) is 5.10. The predicted molar refractivity (Wildman–Crippen MR) is 83.1 cm³/mol. The van der Waals surface area contributed by atoms with Crippen LogP contribution in [0.4, 0.5) is 0 Å². The maximum Gasteiger partial charge on any atom is 0.145 e. The Morgan fingerprint density at radius 3 is 2.76 bits per heavy atom. The SMILES string of the molecule is C1=Cc2cncc3c4cccnc4n(c23)-c2cnccc21. The lowest BCUT2D eigenvalue weighted by atomic mass is 10.1. The molecule has 0 saturated carbocycles. The van der Waals surface area contributed by atoms with Crippen molar-refractivity contribution >= 4 is 34.1 Å². The summed E-state index contributed by atoms with van der Waals surface area (Å²) in [6.45, 7) is 0. The van der Waals surface area contributed by atoms with Crippen molar-refractivity contribution in [3.63, 3.8) is 0 Å². The molecule has 0 saturated heterocycles. The van der Waals surface area contributed by atoms with E-state index >= 15 is 0 Å². The van der Waals surface area contributed by atoms with E-state index in [4.69, 9.17) is 0 Å². The monoisotopic (exact) mass is 270 g/mol. The van der Waals surface area contributed by atoms with E-state index in [-0.39, 0.29) is 0 Å². The second kappa shape index (κ2) is 3.76. The second-order valence-corrected chi connectivity index (χ2v) is 5.10. The molecule has 0 N–H and O–H groups in total. The van der Waals surface area contributed by atoms with Crippen molar-refractivity contribution in [2.24, 2.45) is 0 Å². The Morgan fingerprint density at radius 2 is 1.76 bits per heavy atom. The van der Waals surface area contributed by atoms with Gasteiger partial charge in [-0.3, -0.25) is 14.5 Å². The van der Waals surface area contributed by atoms with Gasteiger partial charge in [0.2, 0.25) is 0 Å². The van der Waals surface area contributed by atoms with Crippen LogP contribution in [0.2, 0.25) is 0 Å². The van der Waals surface area contributed by atoms with Crippen molar-refractivity contribution < 1.29 is 0 Å². The maximum atomic E-state index is 4.58. The van der Waals surface area contributed by atoms with Crippen molar-refractivity contribution in [2.45, 2.75) is 0 Å². The Labute approximate surface area is 120 Å². The van der Waals surface area contributed by atoms with E-state index in [0.29, 0.717) is 0 Å². The van der Waals surface area contributed by atoms with Gasteiger partial charge in [-0.2, -0.15) is 0 Å². The molecule has 1 aliphatic heterocycles. The zero-order chi connectivity index (χ0) is 13.8. The molecule has 4 aromatic rings. The van der Waals surface area contributed by atoms with E-state index in [1.807, 2.05) is 43.1 Å². The van der Waals surface area contributed by atoms with Crippen LogP contribution in [0.25, 0.3) is 39.8 Å². The third-order valence-electron chi connectivity index (χ3n) is 3.97. The van der Waals surface area contributed by atoms with Crippen LogP contribution in [0, 0.1) is 0 Å². The number of nitrogens with zero attached hydrogens (tertiary/aromatic N) is 4. The average Bonchev–Trinajstić information content (AvgIpc) is 2.78. The molecule has 5 rings (SSSR count). The molecule has 0 aliphatic carbocycles. The largest absolute Gasteiger partial charge is 0.291 e. The molecule has 4 heteroatoms. The fraction of sp³-hybridized carbons (Fsp3) is 0. The highest BCUT2D eigenvalue weighted by Crippen LogP contribution is 2.35. The standard InChI is InChI=1S/C17H10N4/c1-2-13-14-9-19-8-12-4-3-11-5-7-18-10-15(11)21(16(12)14)17(13)20-6-1/h1-10H. The Hall–Kier alpha value is -3.01. The van der Waals surface area contributed by atoms with Crippen molar-refractivity contribution in [2.75, 3.05) is 0 Å². The fourth-order valence-electron chi connectivity index (χ4n) is 3.07. The van der Waals surface area contributed by atoms with Gasteiger partial charge in [-0.15, -0.1) is 0 Å². The lowest BCUT2D eigenvalue weighted by Crippen LogP contribution is -1.98. The van der Waals surface area contributed by atoms with E-state index in [1.54, 1.807) is 0 Å². The number of hydrogen-bond donors (Lipinski definition) is 0. The van der Waals surface area contributed by atoms with Crippen molar-refractivity contribution in [1.82, 2.24) is 19.5 Å². The van der Waals surface area contributed by atoms with E-state index in [2.05, 4.69) is 37.7 Å². The van der Waals surface area contributed by atoms with Crippen LogP contribution in [0.15, 0.2) is 49.2 Å². The first kappa shape index (κ1) is 10.7. The van der Waals surface area contributed by atoms with Crippen molar-refractivity contribution in [1.29, 1.82) is 0 Å². The van der Waals surface area contributed by atoms with Crippen LogP contribution in [-0.4, -0.2) is 19.5 Å². The van der Waals surface area contributed by atoms with Gasteiger partial charge >= 0.3 is 0 Å². The quantitative estimate of drug-likeness (QED) is 0.433. The molecule has 0 spiro atoms. The van der Waals surface area contributed by atoms with Gasteiger partial charge in [0, 0.05) is 46.7 Å². The molecule has 4 nitrogen and oxygen atoms in total. The Kier molecular flexibility index (Phi) is 1.92. The fourth-order valence-corrected chi connectivity index (χ4v) is 3.07. The van der Waals surface area contributed by atoms with E-state index in [0.717, 1.165) is 38.8 Å². The Balaban J connectivity index is 2.14. The third-order valence-corrected chi connectivity index (χ3v) is 3.97. The summed E-state index contributed by atoms with van der Waals surface area (Å²) in [5.41, 5.74) is 5.37. The van der Waals surface area contributed by atoms with Crippen LogP contribution in [0.1, 0.15) is 11.1 Å². The number of rotatable bonds is 0. The first-order valence-electron chi connectivity index (χ1n) is 6.79. The minimum Gasteiger partial charge on any atom is -0.291 e. The minimum absolute atomic E-state index is 0.944. The van der Waals surface area contributed by atoms with Gasteiger partial charge < -0.3 is 0 Å². The van der Waals surface area contributed by atoms with Gasteiger partial charge in [0.25, 0.3) is 0 Å². The topological polar surface area (TPSA) is 43.6 Å². The number of fused-ring (bicyclic) bond motifs is 5. The number of hydrogen-bond acceptors (Lipinski definition) is 3. The Morgan fingerprint density at radius 1 is 0.810 bits per heavy atom. The third kappa shape index (κ3) is 1.31. The molecule has 21 heavy (non-hydrogen) atoms. The van der Waals surface area contributed by atoms with Gasteiger partial charge in [0.05, 0.1) is 17.4 Å². The molecule has 1 aliphatic rings. The molecule has 98 valence electrons. The maximum absolute atomic E-state index is 4.58. The Bertz CT molecular complexity index is 1040. The molecule has 0 fully saturated rings.